The van der Waals surface area contributed by atoms with Gasteiger partial charge in [-0.3, -0.25) is 10.1 Å². The molecule has 198 valence electrons. The molecular formula is C30H31FN2O5. The van der Waals surface area contributed by atoms with Crippen molar-refractivity contribution in [3.8, 4) is 16.9 Å². The van der Waals surface area contributed by atoms with Gasteiger partial charge in [0, 0.05) is 18.4 Å². The second-order valence-electron chi connectivity index (χ2n) is 10.1. The molecule has 0 bridgehead atoms. The smallest absolute Gasteiger partial charge is 0.345 e. The normalized spacial score (nSPS) is 13.3. The van der Waals surface area contributed by atoms with Crippen LogP contribution in [0.3, 0.4) is 0 Å². The van der Waals surface area contributed by atoms with Gasteiger partial charge in [-0.25, -0.2) is 14.0 Å². The number of carbonyl (C=O) groups is 3. The zero-order chi connectivity index (χ0) is 27.3. The maximum Gasteiger partial charge on any atom is 0.345 e. The fourth-order valence-electron chi connectivity index (χ4n) is 4.56. The van der Waals surface area contributed by atoms with Crippen LogP contribution >= 0.6 is 0 Å². The third-order valence-corrected chi connectivity index (χ3v) is 6.42. The molecule has 7 nitrogen and oxygen atoms in total. The Morgan fingerprint density at radius 1 is 1.03 bits per heavy atom. The van der Waals surface area contributed by atoms with Crippen LogP contribution in [0.4, 0.5) is 4.39 Å². The Hall–Kier alpha value is -4.04. The van der Waals surface area contributed by atoms with Gasteiger partial charge in [0.25, 0.3) is 0 Å². The summed E-state index contributed by atoms with van der Waals surface area (Å²) in [6.07, 6.45) is 1.34. The quantitative estimate of drug-likeness (QED) is 0.305. The largest absolute Gasteiger partial charge is 0.493 e. The molecule has 8 heteroatoms. The molecule has 0 aliphatic carbocycles. The number of hydrogen-bond acceptors (Lipinski definition) is 6. The zero-order valence-corrected chi connectivity index (χ0v) is 21.5. The Bertz CT molecular complexity index is 1320. The number of nitrogens with two attached hydrogens (primary N) is 1. The van der Waals surface area contributed by atoms with Crippen LogP contribution in [0.1, 0.15) is 48.2 Å². The topological polar surface area (TPSA) is 108 Å². The SMILES string of the molecule is CC(C)(Cc1ccc(F)cc1)N[C@@H](CCC(N)=O)C(=O)OC(=O)c1ccc(-c2ccc3c(c2)CCO3)cc1. The highest BCUT2D eigenvalue weighted by Gasteiger charge is 2.30. The molecule has 3 N–H and O–H groups in total. The lowest BCUT2D eigenvalue weighted by Gasteiger charge is -2.31. The fraction of sp³-hybridized carbons (Fsp3) is 0.300. The number of esters is 2. The van der Waals surface area contributed by atoms with Gasteiger partial charge in [0.2, 0.25) is 5.91 Å². The lowest BCUT2D eigenvalue weighted by Crippen LogP contribution is -2.51. The first-order valence-corrected chi connectivity index (χ1v) is 12.5. The number of primary amides is 1. The third kappa shape index (κ3) is 7.04. The van der Waals surface area contributed by atoms with Gasteiger partial charge in [-0.15, -0.1) is 0 Å². The van der Waals surface area contributed by atoms with Gasteiger partial charge in [0.05, 0.1) is 12.2 Å². The van der Waals surface area contributed by atoms with Crippen molar-refractivity contribution in [2.75, 3.05) is 6.61 Å². The number of hydrogen-bond donors (Lipinski definition) is 2. The average molecular weight is 519 g/mol. The van der Waals surface area contributed by atoms with E-state index in [1.54, 1.807) is 36.4 Å². The van der Waals surface area contributed by atoms with Crippen molar-refractivity contribution < 1.29 is 28.2 Å². The molecule has 1 amide bonds. The molecule has 3 aromatic carbocycles. The van der Waals surface area contributed by atoms with Crippen LogP contribution in [0.25, 0.3) is 11.1 Å². The minimum atomic E-state index is -0.949. The number of ether oxygens (including phenoxy) is 2. The monoisotopic (exact) mass is 518 g/mol. The molecule has 3 aromatic rings. The number of carbonyl (C=O) groups excluding carboxylic acids is 3. The van der Waals surface area contributed by atoms with Gasteiger partial charge in [0.15, 0.2) is 0 Å². The van der Waals surface area contributed by atoms with Crippen LogP contribution in [0.15, 0.2) is 66.7 Å². The summed E-state index contributed by atoms with van der Waals surface area (Å²) in [4.78, 5) is 37.2. The molecule has 0 aromatic heterocycles. The van der Waals surface area contributed by atoms with E-state index in [1.165, 1.54) is 12.1 Å². The van der Waals surface area contributed by atoms with Gasteiger partial charge in [-0.05, 0) is 85.3 Å². The molecule has 4 rings (SSSR count). The highest BCUT2D eigenvalue weighted by atomic mass is 19.1. The van der Waals surface area contributed by atoms with Crippen molar-refractivity contribution in [1.82, 2.24) is 5.32 Å². The van der Waals surface area contributed by atoms with E-state index in [0.29, 0.717) is 13.0 Å². The number of halogens is 1. The summed E-state index contributed by atoms with van der Waals surface area (Å²) in [5.74, 6) is -1.60. The first kappa shape index (κ1) is 27.0. The molecule has 0 unspecified atom stereocenters. The zero-order valence-electron chi connectivity index (χ0n) is 21.5. The lowest BCUT2D eigenvalue weighted by molar-refractivity contribution is -0.141. The van der Waals surface area contributed by atoms with E-state index in [-0.39, 0.29) is 24.2 Å². The van der Waals surface area contributed by atoms with E-state index >= 15 is 0 Å². The molecule has 1 heterocycles. The number of rotatable bonds is 10. The van der Waals surface area contributed by atoms with Crippen molar-refractivity contribution in [1.29, 1.82) is 0 Å². The molecule has 38 heavy (non-hydrogen) atoms. The number of nitrogens with one attached hydrogen (secondary N) is 1. The van der Waals surface area contributed by atoms with Crippen LogP contribution in [0.5, 0.6) is 5.75 Å². The molecule has 1 aliphatic heterocycles. The Kier molecular flexibility index (Phi) is 8.22. The predicted molar refractivity (Wildman–Crippen MR) is 141 cm³/mol. The standard InChI is InChI=1S/C30H31FN2O5/c1-30(2,18-19-3-10-24(31)11-4-19)33-25(12-14-27(32)34)29(36)38-28(35)21-7-5-20(6-8-21)22-9-13-26-23(17-22)15-16-37-26/h3-11,13,17,25,33H,12,14-16,18H2,1-2H3,(H2,32,34)/t25-/m0/s1. The van der Waals surface area contributed by atoms with Crippen molar-refractivity contribution in [3.63, 3.8) is 0 Å². The molecule has 1 atom stereocenters. The van der Waals surface area contributed by atoms with E-state index in [4.69, 9.17) is 15.2 Å². The van der Waals surface area contributed by atoms with E-state index in [9.17, 15) is 18.8 Å². The number of amides is 1. The molecule has 0 saturated heterocycles. The molecule has 0 saturated carbocycles. The van der Waals surface area contributed by atoms with E-state index < -0.39 is 29.4 Å². The maximum atomic E-state index is 13.3. The van der Waals surface area contributed by atoms with Crippen LogP contribution in [-0.2, 0) is 27.2 Å². The van der Waals surface area contributed by atoms with Crippen LogP contribution in [0.2, 0.25) is 0 Å². The Balaban J connectivity index is 1.42. The minimum absolute atomic E-state index is 0.0614. The van der Waals surface area contributed by atoms with Gasteiger partial charge < -0.3 is 15.2 Å². The summed E-state index contributed by atoms with van der Waals surface area (Å²) in [6.45, 7) is 4.41. The highest BCUT2D eigenvalue weighted by Crippen LogP contribution is 2.30. The highest BCUT2D eigenvalue weighted by molar-refractivity contribution is 5.98. The van der Waals surface area contributed by atoms with E-state index in [2.05, 4.69) is 11.4 Å². The second-order valence-corrected chi connectivity index (χ2v) is 10.1. The third-order valence-electron chi connectivity index (χ3n) is 6.42. The van der Waals surface area contributed by atoms with Gasteiger partial charge in [0.1, 0.15) is 17.6 Å². The second kappa shape index (κ2) is 11.6. The first-order valence-electron chi connectivity index (χ1n) is 12.5. The van der Waals surface area contributed by atoms with Gasteiger partial charge >= 0.3 is 11.9 Å². The van der Waals surface area contributed by atoms with Crippen molar-refractivity contribution >= 4 is 17.8 Å². The summed E-state index contributed by atoms with van der Waals surface area (Å²) < 4.78 is 24.0. The van der Waals surface area contributed by atoms with Crippen LogP contribution < -0.4 is 15.8 Å². The number of fused-ring (bicyclic) bond motifs is 1. The van der Waals surface area contributed by atoms with Crippen LogP contribution in [0, 0.1) is 5.82 Å². The fourth-order valence-corrected chi connectivity index (χ4v) is 4.56. The van der Waals surface area contributed by atoms with Gasteiger partial charge in [-0.1, -0.05) is 30.3 Å². The summed E-state index contributed by atoms with van der Waals surface area (Å²) >= 11 is 0. The molecule has 0 radical (unpaired) electrons. The van der Waals surface area contributed by atoms with Crippen molar-refractivity contribution in [2.45, 2.75) is 51.1 Å². The first-order chi connectivity index (χ1) is 18.1. The summed E-state index contributed by atoms with van der Waals surface area (Å²) in [5.41, 5.74) is 8.82. The summed E-state index contributed by atoms with van der Waals surface area (Å²) in [6, 6.07) is 17.9. The molecule has 0 spiro atoms. The van der Waals surface area contributed by atoms with Crippen molar-refractivity contribution in [3.05, 3.63) is 89.2 Å². The lowest BCUT2D eigenvalue weighted by atomic mass is 9.93. The van der Waals surface area contributed by atoms with E-state index in [0.717, 1.165) is 34.4 Å². The maximum absolute atomic E-state index is 13.3. The summed E-state index contributed by atoms with van der Waals surface area (Å²) in [5, 5.41) is 3.18. The molecular weight excluding hydrogens is 487 g/mol. The summed E-state index contributed by atoms with van der Waals surface area (Å²) in [7, 11) is 0. The number of benzene rings is 3. The molecule has 0 fully saturated rings. The van der Waals surface area contributed by atoms with Gasteiger partial charge in [-0.2, -0.15) is 0 Å². The Morgan fingerprint density at radius 2 is 1.71 bits per heavy atom. The van der Waals surface area contributed by atoms with Crippen LogP contribution in [-0.4, -0.2) is 36.0 Å². The molecule has 1 aliphatic rings. The Morgan fingerprint density at radius 3 is 2.39 bits per heavy atom. The van der Waals surface area contributed by atoms with E-state index in [1.807, 2.05) is 26.0 Å². The Labute approximate surface area is 221 Å². The average Bonchev–Trinajstić information content (AvgIpc) is 3.35. The van der Waals surface area contributed by atoms with Crippen molar-refractivity contribution in [2.24, 2.45) is 5.73 Å². The predicted octanol–water partition coefficient (Wildman–Crippen LogP) is 4.36. The minimum Gasteiger partial charge on any atom is -0.493 e.